The third-order valence-corrected chi connectivity index (χ3v) is 13.2. The van der Waals surface area contributed by atoms with Crippen LogP contribution in [0.2, 0.25) is 0 Å². The summed E-state index contributed by atoms with van der Waals surface area (Å²) in [6, 6.07) is 71.6. The molecular weight excluding hydrogens is 749 g/mol. The lowest BCUT2D eigenvalue weighted by Crippen LogP contribution is -2.32. The Labute approximate surface area is 352 Å². The molecule has 10 aromatic rings. The Hall–Kier alpha value is -7.47. The number of para-hydroxylation sites is 1. The topological polar surface area (TPSA) is 51.6 Å². The van der Waals surface area contributed by atoms with Crippen molar-refractivity contribution in [2.75, 3.05) is 0 Å². The summed E-state index contributed by atoms with van der Waals surface area (Å²) in [6.45, 7) is 0. The van der Waals surface area contributed by atoms with Crippen LogP contribution in [0.15, 0.2) is 216 Å². The van der Waals surface area contributed by atoms with Crippen LogP contribution in [0.25, 0.3) is 78.4 Å². The van der Waals surface area contributed by atoms with Crippen LogP contribution in [0.5, 0.6) is 0 Å². The lowest BCUT2D eigenvalue weighted by Gasteiger charge is -2.40. The van der Waals surface area contributed by atoms with Gasteiger partial charge in [-0.05, 0) is 68.3 Å². The predicted octanol–water partition coefficient (Wildman–Crippen LogP) is 13.6. The van der Waals surface area contributed by atoms with Crippen LogP contribution in [-0.4, -0.2) is 19.9 Å². The van der Waals surface area contributed by atoms with Crippen LogP contribution >= 0.6 is 11.8 Å². The monoisotopic (exact) mass is 782 g/mol. The summed E-state index contributed by atoms with van der Waals surface area (Å²) >= 11 is 1.87. The van der Waals surface area contributed by atoms with Crippen molar-refractivity contribution >= 4 is 22.7 Å². The van der Waals surface area contributed by atoms with E-state index in [9.17, 15) is 0 Å². The number of aromatic nitrogens is 4. The van der Waals surface area contributed by atoms with E-state index < -0.39 is 5.41 Å². The Morgan fingerprint density at radius 3 is 1.42 bits per heavy atom. The maximum absolute atomic E-state index is 4.97. The van der Waals surface area contributed by atoms with Crippen molar-refractivity contribution in [2.24, 2.45) is 0 Å². The number of rotatable bonds is 5. The Morgan fingerprint density at radius 2 is 0.800 bits per heavy atom. The maximum Gasteiger partial charge on any atom is 0.164 e. The summed E-state index contributed by atoms with van der Waals surface area (Å²) in [7, 11) is 0. The molecule has 1 aliphatic carbocycles. The molecule has 0 bridgehead atoms. The molecule has 0 amide bonds. The van der Waals surface area contributed by atoms with Crippen molar-refractivity contribution in [2.45, 2.75) is 15.2 Å². The van der Waals surface area contributed by atoms with Gasteiger partial charge < -0.3 is 0 Å². The zero-order chi connectivity index (χ0) is 39.6. The maximum atomic E-state index is 4.97. The van der Waals surface area contributed by atoms with Crippen LogP contribution in [0.3, 0.4) is 0 Å². The van der Waals surface area contributed by atoms with Crippen LogP contribution in [-0.2, 0) is 5.41 Å². The number of fused-ring (bicyclic) bond motifs is 10. The Morgan fingerprint density at radius 1 is 0.333 bits per heavy atom. The third-order valence-electron chi connectivity index (χ3n) is 12.1. The Bertz CT molecular complexity index is 3180. The van der Waals surface area contributed by atoms with Gasteiger partial charge in [0.15, 0.2) is 17.5 Å². The zero-order valence-corrected chi connectivity index (χ0v) is 33.1. The first-order valence-electron chi connectivity index (χ1n) is 20.2. The molecule has 1 aliphatic heterocycles. The normalized spacial score (nSPS) is 13.1. The van der Waals surface area contributed by atoms with E-state index in [1.54, 1.807) is 0 Å². The highest BCUT2D eigenvalue weighted by molar-refractivity contribution is 7.99. The highest BCUT2D eigenvalue weighted by atomic mass is 32.2. The summed E-state index contributed by atoms with van der Waals surface area (Å²) < 4.78 is 0. The molecule has 2 aromatic heterocycles. The molecule has 280 valence electrons. The van der Waals surface area contributed by atoms with Gasteiger partial charge >= 0.3 is 0 Å². The zero-order valence-electron chi connectivity index (χ0n) is 32.3. The van der Waals surface area contributed by atoms with Gasteiger partial charge in [-0.25, -0.2) is 15.0 Å². The van der Waals surface area contributed by atoms with Crippen LogP contribution < -0.4 is 0 Å². The molecule has 0 saturated heterocycles. The van der Waals surface area contributed by atoms with Crippen molar-refractivity contribution in [3.05, 3.63) is 229 Å². The SMILES string of the molecule is c1ccc(-c2nc(-c3ccccc3)nc(-c3ccc(-c4ccc5c(c4)Sc4cc(-c6cccc7cccnc67)ccc4C54c5ccccc5-c5ccccc54)cc3)n2)cc1. The quantitative estimate of drug-likeness (QED) is 0.174. The second-order valence-corrected chi connectivity index (χ2v) is 16.4. The Balaban J connectivity index is 0.992. The predicted molar refractivity (Wildman–Crippen MR) is 244 cm³/mol. The lowest BCUT2D eigenvalue weighted by molar-refractivity contribution is 0.723. The van der Waals surface area contributed by atoms with Crippen molar-refractivity contribution < 1.29 is 0 Å². The summed E-state index contributed by atoms with van der Waals surface area (Å²) in [6.07, 6.45) is 1.89. The van der Waals surface area contributed by atoms with Crippen LogP contribution in [0.1, 0.15) is 22.3 Å². The summed E-state index contributed by atoms with van der Waals surface area (Å²) in [5, 5.41) is 1.14. The summed E-state index contributed by atoms with van der Waals surface area (Å²) in [5.74, 6) is 1.95. The molecule has 60 heavy (non-hydrogen) atoms. The highest BCUT2D eigenvalue weighted by Crippen LogP contribution is 2.62. The molecule has 12 rings (SSSR count). The average molecular weight is 783 g/mol. The number of hydrogen-bond acceptors (Lipinski definition) is 5. The smallest absolute Gasteiger partial charge is 0.164 e. The van der Waals surface area contributed by atoms with Crippen LogP contribution in [0.4, 0.5) is 0 Å². The van der Waals surface area contributed by atoms with E-state index in [0.29, 0.717) is 17.5 Å². The third kappa shape index (κ3) is 5.40. The fraction of sp³-hybridized carbons (Fsp3) is 0.0182. The van der Waals surface area contributed by atoms with Crippen molar-refractivity contribution in [3.8, 4) is 67.5 Å². The molecule has 8 aromatic carbocycles. The van der Waals surface area contributed by atoms with E-state index in [2.05, 4.69) is 133 Å². The fourth-order valence-corrected chi connectivity index (χ4v) is 10.6. The van der Waals surface area contributed by atoms with E-state index in [1.165, 1.54) is 48.7 Å². The minimum atomic E-state index is -0.466. The molecule has 0 unspecified atom stereocenters. The molecule has 0 radical (unpaired) electrons. The van der Waals surface area contributed by atoms with Gasteiger partial charge in [-0.3, -0.25) is 4.98 Å². The van der Waals surface area contributed by atoms with Gasteiger partial charge in [0.05, 0.1) is 10.9 Å². The lowest BCUT2D eigenvalue weighted by atomic mass is 9.67. The number of pyridine rings is 1. The second-order valence-electron chi connectivity index (χ2n) is 15.4. The molecular formula is C55H34N4S. The molecule has 0 N–H and O–H groups in total. The van der Waals surface area contributed by atoms with Gasteiger partial charge in [-0.2, -0.15) is 0 Å². The van der Waals surface area contributed by atoms with E-state index in [0.717, 1.165) is 44.3 Å². The van der Waals surface area contributed by atoms with Crippen molar-refractivity contribution in [1.82, 2.24) is 19.9 Å². The first kappa shape index (κ1) is 34.6. The molecule has 3 heterocycles. The minimum Gasteiger partial charge on any atom is -0.256 e. The van der Waals surface area contributed by atoms with E-state index >= 15 is 0 Å². The van der Waals surface area contributed by atoms with Gasteiger partial charge in [0.25, 0.3) is 0 Å². The van der Waals surface area contributed by atoms with Gasteiger partial charge in [-0.15, -0.1) is 0 Å². The van der Waals surface area contributed by atoms with E-state index in [-0.39, 0.29) is 0 Å². The van der Waals surface area contributed by atoms with E-state index in [4.69, 9.17) is 19.9 Å². The van der Waals surface area contributed by atoms with E-state index in [1.807, 2.05) is 84.7 Å². The summed E-state index contributed by atoms with van der Waals surface area (Å²) in [4.78, 5) is 22.2. The van der Waals surface area contributed by atoms with Crippen LogP contribution in [0, 0.1) is 0 Å². The van der Waals surface area contributed by atoms with Gasteiger partial charge in [0.2, 0.25) is 0 Å². The average Bonchev–Trinajstić information content (AvgIpc) is 3.62. The molecule has 2 aliphatic rings. The number of benzene rings is 8. The molecule has 0 fully saturated rings. The molecule has 0 atom stereocenters. The molecule has 0 saturated carbocycles. The molecule has 1 spiro atoms. The Kier molecular flexibility index (Phi) is 7.97. The van der Waals surface area contributed by atoms with Gasteiger partial charge in [-0.1, -0.05) is 194 Å². The highest BCUT2D eigenvalue weighted by Gasteiger charge is 2.50. The van der Waals surface area contributed by atoms with Crippen molar-refractivity contribution in [3.63, 3.8) is 0 Å². The first-order valence-corrected chi connectivity index (χ1v) is 21.0. The molecule has 5 heteroatoms. The largest absolute Gasteiger partial charge is 0.256 e. The van der Waals surface area contributed by atoms with Gasteiger partial charge in [0.1, 0.15) is 0 Å². The number of nitrogens with zero attached hydrogens (tertiary/aromatic N) is 4. The molecule has 4 nitrogen and oxygen atoms in total. The van der Waals surface area contributed by atoms with Gasteiger partial charge in [0, 0.05) is 43.6 Å². The minimum absolute atomic E-state index is 0.466. The first-order chi connectivity index (χ1) is 29.7. The second kappa shape index (κ2) is 13.8. The fourth-order valence-electron chi connectivity index (χ4n) is 9.35. The van der Waals surface area contributed by atoms with Crippen molar-refractivity contribution in [1.29, 1.82) is 0 Å². The summed E-state index contributed by atoms with van der Waals surface area (Å²) in [5.41, 5.74) is 15.9. The standard InChI is InChI=1S/C55H34N4S/c1-3-13-37(14-4-1)52-57-53(38-15-5-2-6-16-38)59-54(58-52)39-26-24-35(25-27-39)40-28-30-47-49(33-40)60-50-34-41(42-21-11-17-36-18-12-32-56-51(36)42)29-31-48(50)55(47)45-22-9-7-19-43(45)44-20-8-10-23-46(44)55/h1-34H. The number of hydrogen-bond donors (Lipinski definition) is 0.